The molecule has 6 heteroatoms. The van der Waals surface area contributed by atoms with Crippen molar-refractivity contribution in [3.05, 3.63) is 39.6 Å². The van der Waals surface area contributed by atoms with E-state index in [0.29, 0.717) is 20.8 Å². The molecule has 0 aliphatic carbocycles. The van der Waals surface area contributed by atoms with Gasteiger partial charge in [0, 0.05) is 5.02 Å². The molecule has 1 aromatic carbocycles. The van der Waals surface area contributed by atoms with Crippen LogP contribution in [0.15, 0.2) is 24.5 Å². The highest BCUT2D eigenvalue weighted by molar-refractivity contribution is 6.44. The van der Waals surface area contributed by atoms with E-state index >= 15 is 0 Å². The van der Waals surface area contributed by atoms with Crippen molar-refractivity contribution in [1.82, 2.24) is 15.0 Å². The monoisotopic (exact) mass is 247 g/mol. The molecule has 0 radical (unpaired) electrons. The fraction of sp³-hybridized carbons (Fsp3) is 0. The lowest BCUT2D eigenvalue weighted by atomic mass is 10.3. The Morgan fingerprint density at radius 1 is 1.14 bits per heavy atom. The van der Waals surface area contributed by atoms with Gasteiger partial charge in [-0.2, -0.15) is 0 Å². The van der Waals surface area contributed by atoms with Crippen LogP contribution in [0, 0.1) is 0 Å². The van der Waals surface area contributed by atoms with Gasteiger partial charge >= 0.3 is 0 Å². The van der Waals surface area contributed by atoms with E-state index in [1.54, 1.807) is 24.5 Å². The van der Waals surface area contributed by atoms with E-state index in [1.807, 2.05) is 0 Å². The minimum atomic E-state index is 0.393. The lowest BCUT2D eigenvalue weighted by molar-refractivity contribution is 0.803. The number of halogens is 3. The smallest absolute Gasteiger partial charge is 0.0879 e. The minimum Gasteiger partial charge on any atom is -0.219 e. The second-order valence-corrected chi connectivity index (χ2v) is 3.79. The highest BCUT2D eigenvalue weighted by Crippen LogP contribution is 2.31. The van der Waals surface area contributed by atoms with Crippen LogP contribution in [-0.2, 0) is 0 Å². The third kappa shape index (κ3) is 1.71. The van der Waals surface area contributed by atoms with Crippen LogP contribution in [0.1, 0.15) is 0 Å². The van der Waals surface area contributed by atoms with Gasteiger partial charge in [0.1, 0.15) is 0 Å². The lowest BCUT2D eigenvalue weighted by Crippen LogP contribution is -1.96. The number of nitrogens with zero attached hydrogens (tertiary/aromatic N) is 3. The molecule has 0 aliphatic heterocycles. The molecule has 3 nitrogen and oxygen atoms in total. The van der Waals surface area contributed by atoms with Gasteiger partial charge in [0.25, 0.3) is 0 Å². The summed E-state index contributed by atoms with van der Waals surface area (Å²) in [7, 11) is 0. The summed E-state index contributed by atoms with van der Waals surface area (Å²) in [5.74, 6) is 0. The highest BCUT2D eigenvalue weighted by Gasteiger charge is 2.08. The Hall–Kier alpha value is -0.770. The molecule has 0 saturated heterocycles. The minimum absolute atomic E-state index is 0.393. The molecule has 0 saturated carbocycles. The van der Waals surface area contributed by atoms with Gasteiger partial charge < -0.3 is 0 Å². The molecular weight excluding hydrogens is 244 g/mol. The molecule has 72 valence electrons. The molecule has 0 amide bonds. The van der Waals surface area contributed by atoms with Gasteiger partial charge in [0.05, 0.1) is 28.1 Å². The van der Waals surface area contributed by atoms with Crippen molar-refractivity contribution >= 4 is 34.8 Å². The highest BCUT2D eigenvalue weighted by atomic mass is 35.5. The Labute approximate surface area is 95.2 Å². The lowest BCUT2D eigenvalue weighted by Gasteiger charge is -2.05. The Bertz CT molecular complexity index is 453. The molecule has 14 heavy (non-hydrogen) atoms. The summed E-state index contributed by atoms with van der Waals surface area (Å²) in [6, 6.07) is 3.25. The summed E-state index contributed by atoms with van der Waals surface area (Å²) >= 11 is 17.7. The Morgan fingerprint density at radius 3 is 2.57 bits per heavy atom. The third-order valence-electron chi connectivity index (χ3n) is 1.64. The van der Waals surface area contributed by atoms with E-state index in [1.165, 1.54) is 4.68 Å². The van der Waals surface area contributed by atoms with E-state index in [4.69, 9.17) is 34.8 Å². The van der Waals surface area contributed by atoms with Gasteiger partial charge in [0.15, 0.2) is 0 Å². The van der Waals surface area contributed by atoms with Crippen molar-refractivity contribution < 1.29 is 0 Å². The van der Waals surface area contributed by atoms with E-state index in [-0.39, 0.29) is 0 Å². The number of hydrogen-bond donors (Lipinski definition) is 0. The van der Waals surface area contributed by atoms with Crippen LogP contribution in [0.4, 0.5) is 0 Å². The largest absolute Gasteiger partial charge is 0.219 e. The summed E-state index contributed by atoms with van der Waals surface area (Å²) in [4.78, 5) is 0. The molecule has 0 atom stereocenters. The first-order chi connectivity index (χ1) is 6.68. The van der Waals surface area contributed by atoms with Crippen molar-refractivity contribution in [2.24, 2.45) is 0 Å². The average molecular weight is 249 g/mol. The van der Waals surface area contributed by atoms with Gasteiger partial charge in [-0.1, -0.05) is 40.0 Å². The molecule has 2 rings (SSSR count). The van der Waals surface area contributed by atoms with Gasteiger partial charge in [-0.25, -0.2) is 4.68 Å². The van der Waals surface area contributed by atoms with Crippen molar-refractivity contribution in [2.45, 2.75) is 0 Å². The Kier molecular flexibility index (Phi) is 2.63. The fourth-order valence-corrected chi connectivity index (χ4v) is 1.72. The maximum atomic E-state index is 5.98. The first-order valence-corrected chi connectivity index (χ1v) is 4.83. The number of benzene rings is 1. The van der Waals surface area contributed by atoms with Crippen LogP contribution >= 0.6 is 34.8 Å². The first kappa shape index (κ1) is 9.77. The molecule has 0 spiro atoms. The van der Waals surface area contributed by atoms with E-state index in [9.17, 15) is 0 Å². The predicted octanol–water partition coefficient (Wildman–Crippen LogP) is 3.23. The van der Waals surface area contributed by atoms with Crippen molar-refractivity contribution in [3.63, 3.8) is 0 Å². The molecule has 0 aliphatic rings. The Balaban J connectivity index is 2.64. The zero-order chi connectivity index (χ0) is 10.1. The molecule has 2 aromatic rings. The van der Waals surface area contributed by atoms with E-state index < -0.39 is 0 Å². The molecule has 1 heterocycles. The van der Waals surface area contributed by atoms with E-state index in [2.05, 4.69) is 10.3 Å². The normalized spacial score (nSPS) is 10.5. The van der Waals surface area contributed by atoms with Crippen molar-refractivity contribution in [2.75, 3.05) is 0 Å². The second-order valence-electron chi connectivity index (χ2n) is 2.57. The van der Waals surface area contributed by atoms with Crippen LogP contribution in [0.3, 0.4) is 0 Å². The maximum Gasteiger partial charge on any atom is 0.0879 e. The topological polar surface area (TPSA) is 30.7 Å². The Morgan fingerprint density at radius 2 is 1.93 bits per heavy atom. The average Bonchev–Trinajstić information content (AvgIpc) is 2.63. The van der Waals surface area contributed by atoms with Crippen molar-refractivity contribution in [1.29, 1.82) is 0 Å². The zero-order valence-electron chi connectivity index (χ0n) is 6.78. The molecule has 0 bridgehead atoms. The fourth-order valence-electron chi connectivity index (χ4n) is 1.05. The third-order valence-corrected chi connectivity index (χ3v) is 2.65. The predicted molar refractivity (Wildman–Crippen MR) is 56.4 cm³/mol. The van der Waals surface area contributed by atoms with E-state index in [0.717, 1.165) is 0 Å². The molecular formula is C8H4Cl3N3. The quantitative estimate of drug-likeness (QED) is 0.726. The van der Waals surface area contributed by atoms with Gasteiger partial charge in [0.2, 0.25) is 0 Å². The standard InChI is InChI=1S/C8H4Cl3N3/c9-5-3-6(10)8(11)7(4-5)14-2-1-12-13-14/h1-4H. The summed E-state index contributed by atoms with van der Waals surface area (Å²) in [6.45, 7) is 0. The van der Waals surface area contributed by atoms with Crippen LogP contribution in [0.25, 0.3) is 5.69 Å². The summed E-state index contributed by atoms with van der Waals surface area (Å²) in [5.41, 5.74) is 0.613. The van der Waals surface area contributed by atoms with Crippen LogP contribution in [0.2, 0.25) is 15.1 Å². The van der Waals surface area contributed by atoms with Gasteiger partial charge in [-0.15, -0.1) is 5.10 Å². The summed E-state index contributed by atoms with van der Waals surface area (Å²) < 4.78 is 1.50. The summed E-state index contributed by atoms with van der Waals surface area (Å²) in [5, 5.41) is 8.76. The van der Waals surface area contributed by atoms with Gasteiger partial charge in [-0.05, 0) is 12.1 Å². The zero-order valence-corrected chi connectivity index (χ0v) is 9.05. The van der Waals surface area contributed by atoms with Crippen LogP contribution in [0.5, 0.6) is 0 Å². The molecule has 0 fully saturated rings. The van der Waals surface area contributed by atoms with Crippen LogP contribution < -0.4 is 0 Å². The van der Waals surface area contributed by atoms with Crippen molar-refractivity contribution in [3.8, 4) is 5.69 Å². The molecule has 1 aromatic heterocycles. The first-order valence-electron chi connectivity index (χ1n) is 3.69. The number of rotatable bonds is 1. The van der Waals surface area contributed by atoms with Gasteiger partial charge in [-0.3, -0.25) is 0 Å². The maximum absolute atomic E-state index is 5.98. The SMILES string of the molecule is Clc1cc(Cl)c(Cl)c(-n2ccnn2)c1. The number of hydrogen-bond acceptors (Lipinski definition) is 2. The van der Waals surface area contributed by atoms with Crippen LogP contribution in [-0.4, -0.2) is 15.0 Å². The second kappa shape index (κ2) is 3.77. The summed E-state index contributed by atoms with van der Waals surface area (Å²) in [6.07, 6.45) is 3.21. The molecule has 0 unspecified atom stereocenters. The number of aromatic nitrogens is 3. The molecule has 0 N–H and O–H groups in total.